The summed E-state index contributed by atoms with van der Waals surface area (Å²) in [5, 5.41) is 20.7. The van der Waals surface area contributed by atoms with Gasteiger partial charge < -0.3 is 9.84 Å². The number of hydrogen-bond acceptors (Lipinski definition) is 5. The lowest BCUT2D eigenvalue weighted by molar-refractivity contribution is 0.0923. The molecule has 0 fully saturated rings. The summed E-state index contributed by atoms with van der Waals surface area (Å²) in [5.74, 6) is 0.773. The van der Waals surface area contributed by atoms with Crippen LogP contribution in [0.5, 0.6) is 5.75 Å². The Bertz CT molecular complexity index is 1010. The highest BCUT2D eigenvalue weighted by Gasteiger charge is 2.37. The van der Waals surface area contributed by atoms with Crippen LogP contribution in [0.25, 0.3) is 15.8 Å². The van der Waals surface area contributed by atoms with Crippen molar-refractivity contribution in [3.8, 4) is 11.8 Å². The highest BCUT2D eigenvalue weighted by molar-refractivity contribution is 7.19. The molecule has 1 aliphatic rings. The summed E-state index contributed by atoms with van der Waals surface area (Å²) in [6.07, 6.45) is 0. The lowest BCUT2D eigenvalue weighted by Crippen LogP contribution is -2.34. The molecule has 1 N–H and O–H groups in total. The number of hydrogen-bond donors (Lipinski definition) is 1. The molecular formula is C19H14N2O2S. The van der Waals surface area contributed by atoms with Crippen molar-refractivity contribution in [1.82, 2.24) is 4.98 Å². The Hall–Kier alpha value is -2.84. The van der Waals surface area contributed by atoms with Gasteiger partial charge >= 0.3 is 0 Å². The van der Waals surface area contributed by atoms with Crippen molar-refractivity contribution in [2.24, 2.45) is 0 Å². The maximum atomic E-state index is 10.8. The number of fused-ring (bicyclic) bond motifs is 2. The zero-order chi connectivity index (χ0) is 16.9. The standard InChI is InChI=1S/C19H14N2O2S/c1-19(2)17(22)16(12-9-11(10-20)7-8-14(12)23-19)18-21-13-5-3-4-6-15(13)24-18/h3-9,22H,1-2H3. The minimum atomic E-state index is -0.853. The molecule has 2 aromatic carbocycles. The predicted molar refractivity (Wildman–Crippen MR) is 94.1 cm³/mol. The Morgan fingerprint density at radius 2 is 2.00 bits per heavy atom. The van der Waals surface area contributed by atoms with Gasteiger partial charge in [0.15, 0.2) is 5.60 Å². The quantitative estimate of drug-likeness (QED) is 0.703. The van der Waals surface area contributed by atoms with E-state index in [0.29, 0.717) is 22.4 Å². The average molecular weight is 334 g/mol. The van der Waals surface area contributed by atoms with E-state index in [1.807, 2.05) is 38.1 Å². The summed E-state index contributed by atoms with van der Waals surface area (Å²) < 4.78 is 6.97. The molecule has 3 aromatic rings. The van der Waals surface area contributed by atoms with Crippen LogP contribution in [0.2, 0.25) is 0 Å². The average Bonchev–Trinajstić information content (AvgIpc) is 2.99. The number of nitriles is 1. The van der Waals surface area contributed by atoms with Gasteiger partial charge in [-0.3, -0.25) is 0 Å². The zero-order valence-electron chi connectivity index (χ0n) is 13.2. The number of aliphatic hydroxyl groups is 1. The molecule has 1 aliphatic heterocycles. The molecule has 0 aliphatic carbocycles. The van der Waals surface area contributed by atoms with Gasteiger partial charge in [-0.2, -0.15) is 5.26 Å². The van der Waals surface area contributed by atoms with Crippen LogP contribution in [0.15, 0.2) is 48.2 Å². The van der Waals surface area contributed by atoms with Crippen molar-refractivity contribution in [3.63, 3.8) is 0 Å². The third-order valence-corrected chi connectivity index (χ3v) is 5.11. The third-order valence-electron chi connectivity index (χ3n) is 4.06. The van der Waals surface area contributed by atoms with Gasteiger partial charge in [0.25, 0.3) is 0 Å². The van der Waals surface area contributed by atoms with Gasteiger partial charge in [0, 0.05) is 5.56 Å². The molecule has 0 unspecified atom stereocenters. The molecule has 5 heteroatoms. The molecule has 1 aromatic heterocycles. The molecule has 4 nitrogen and oxygen atoms in total. The normalized spacial score (nSPS) is 15.7. The highest BCUT2D eigenvalue weighted by Crippen LogP contribution is 2.44. The predicted octanol–water partition coefficient (Wildman–Crippen LogP) is 4.66. The summed E-state index contributed by atoms with van der Waals surface area (Å²) >= 11 is 1.52. The number of nitrogens with zero attached hydrogens (tertiary/aromatic N) is 2. The van der Waals surface area contributed by atoms with Crippen molar-refractivity contribution in [2.75, 3.05) is 0 Å². The van der Waals surface area contributed by atoms with Gasteiger partial charge in [-0.05, 0) is 44.2 Å². The minimum absolute atomic E-state index is 0.129. The molecule has 4 rings (SSSR count). The van der Waals surface area contributed by atoms with Gasteiger partial charge in [-0.1, -0.05) is 12.1 Å². The van der Waals surface area contributed by atoms with E-state index >= 15 is 0 Å². The number of para-hydroxylation sites is 1. The van der Waals surface area contributed by atoms with Crippen molar-refractivity contribution in [1.29, 1.82) is 5.26 Å². The lowest BCUT2D eigenvalue weighted by Gasteiger charge is -2.33. The number of aromatic nitrogens is 1. The molecule has 0 saturated carbocycles. The van der Waals surface area contributed by atoms with Gasteiger partial charge in [0.1, 0.15) is 16.5 Å². The molecule has 2 heterocycles. The van der Waals surface area contributed by atoms with Gasteiger partial charge in [-0.25, -0.2) is 4.98 Å². The van der Waals surface area contributed by atoms with E-state index in [9.17, 15) is 10.4 Å². The van der Waals surface area contributed by atoms with Crippen LogP contribution in [0.3, 0.4) is 0 Å². The van der Waals surface area contributed by atoms with E-state index < -0.39 is 5.60 Å². The zero-order valence-corrected chi connectivity index (χ0v) is 14.0. The fourth-order valence-corrected chi connectivity index (χ4v) is 3.86. The SMILES string of the molecule is CC1(C)Oc2ccc(C#N)cc2C(c2nc3ccccc3s2)=C1O. The van der Waals surface area contributed by atoms with E-state index in [1.54, 1.807) is 18.2 Å². The summed E-state index contributed by atoms with van der Waals surface area (Å²) in [7, 11) is 0. The van der Waals surface area contributed by atoms with Crippen molar-refractivity contribution < 1.29 is 9.84 Å². The molecule has 0 atom stereocenters. The Labute approximate surface area is 143 Å². The Morgan fingerprint density at radius 3 is 2.75 bits per heavy atom. The van der Waals surface area contributed by atoms with Crippen LogP contribution in [0, 0.1) is 11.3 Å². The van der Waals surface area contributed by atoms with Crippen molar-refractivity contribution in [2.45, 2.75) is 19.4 Å². The summed E-state index contributed by atoms with van der Waals surface area (Å²) in [6, 6.07) is 15.2. The first-order chi connectivity index (χ1) is 11.5. The molecule has 0 amide bonds. The number of thiazole rings is 1. The monoisotopic (exact) mass is 334 g/mol. The second-order valence-electron chi connectivity index (χ2n) is 6.15. The Balaban J connectivity index is 2.02. The van der Waals surface area contributed by atoms with Crippen LogP contribution in [0.4, 0.5) is 0 Å². The van der Waals surface area contributed by atoms with Crippen LogP contribution in [0.1, 0.15) is 30.0 Å². The van der Waals surface area contributed by atoms with Gasteiger partial charge in [0.2, 0.25) is 0 Å². The molecule has 0 spiro atoms. The fraction of sp³-hybridized carbons (Fsp3) is 0.158. The van der Waals surface area contributed by atoms with Crippen LogP contribution >= 0.6 is 11.3 Å². The topological polar surface area (TPSA) is 66.1 Å². The van der Waals surface area contributed by atoms with E-state index in [2.05, 4.69) is 11.1 Å². The molecule has 0 radical (unpaired) electrons. The second kappa shape index (κ2) is 5.08. The Morgan fingerprint density at radius 1 is 1.21 bits per heavy atom. The third kappa shape index (κ3) is 2.15. The maximum absolute atomic E-state index is 10.8. The summed E-state index contributed by atoms with van der Waals surface area (Å²) in [4.78, 5) is 4.67. The van der Waals surface area contributed by atoms with Crippen molar-refractivity contribution in [3.05, 3.63) is 64.4 Å². The maximum Gasteiger partial charge on any atom is 0.160 e. The molecule has 0 bridgehead atoms. The number of rotatable bonds is 1. The fourth-order valence-electron chi connectivity index (χ4n) is 2.83. The van der Waals surface area contributed by atoms with E-state index in [1.165, 1.54) is 11.3 Å². The first kappa shape index (κ1) is 14.7. The smallest absolute Gasteiger partial charge is 0.160 e. The lowest BCUT2D eigenvalue weighted by atomic mass is 9.92. The molecule has 0 saturated heterocycles. The number of ether oxygens (including phenoxy) is 1. The van der Waals surface area contributed by atoms with E-state index in [-0.39, 0.29) is 5.76 Å². The summed E-state index contributed by atoms with van der Waals surface area (Å²) in [5.41, 5.74) is 1.89. The minimum Gasteiger partial charge on any atom is -0.507 e. The van der Waals surface area contributed by atoms with Crippen molar-refractivity contribution >= 4 is 27.1 Å². The number of benzene rings is 2. The van der Waals surface area contributed by atoms with E-state index in [4.69, 9.17) is 4.74 Å². The summed E-state index contributed by atoms with van der Waals surface area (Å²) in [6.45, 7) is 3.63. The molecule has 24 heavy (non-hydrogen) atoms. The second-order valence-corrected chi connectivity index (χ2v) is 7.18. The molecule has 118 valence electrons. The van der Waals surface area contributed by atoms with Crippen LogP contribution < -0.4 is 4.74 Å². The molecular weight excluding hydrogens is 320 g/mol. The first-order valence-corrected chi connectivity index (χ1v) is 8.34. The number of aliphatic hydroxyl groups excluding tert-OH is 1. The van der Waals surface area contributed by atoms with Gasteiger partial charge in [-0.15, -0.1) is 11.3 Å². The van der Waals surface area contributed by atoms with E-state index in [0.717, 1.165) is 15.2 Å². The first-order valence-electron chi connectivity index (χ1n) is 7.53. The van der Waals surface area contributed by atoms with Crippen LogP contribution in [-0.4, -0.2) is 15.7 Å². The largest absolute Gasteiger partial charge is 0.507 e. The van der Waals surface area contributed by atoms with Crippen LogP contribution in [-0.2, 0) is 0 Å². The van der Waals surface area contributed by atoms with Gasteiger partial charge in [0.05, 0.1) is 27.4 Å². The highest BCUT2D eigenvalue weighted by atomic mass is 32.1. The Kier molecular flexibility index (Phi) is 3.12.